The number of carboxylic acid groups (broad SMARTS) is 1. The minimum Gasteiger partial charge on any atom is -0.480 e. The number of fused-ring (bicyclic) bond motifs is 1. The molecule has 0 saturated heterocycles. The Morgan fingerprint density at radius 1 is 0.822 bits per heavy atom. The highest BCUT2D eigenvalue weighted by Gasteiger charge is 2.36. The molecule has 0 saturated carbocycles. The van der Waals surface area contributed by atoms with Crippen LogP contribution in [0.4, 0.5) is 0 Å². The molecule has 1 heterocycles. The summed E-state index contributed by atoms with van der Waals surface area (Å²) in [6, 6.07) is 1.79. The number of carboxylic acids is 1. The predicted octanol–water partition coefficient (Wildman–Crippen LogP) is 1.19. The van der Waals surface area contributed by atoms with Gasteiger partial charge in [0.05, 0.1) is 12.1 Å². The molecule has 0 unspecified atom stereocenters. The second-order valence-corrected chi connectivity index (χ2v) is 12.5. The van der Waals surface area contributed by atoms with Crippen LogP contribution in [0.2, 0.25) is 0 Å². The average Bonchev–Trinajstić information content (AvgIpc) is 3.37. The molecule has 1 aromatic carbocycles. The monoisotopic (exact) mass is 630 g/mol. The second-order valence-electron chi connectivity index (χ2n) is 12.5. The summed E-state index contributed by atoms with van der Waals surface area (Å²) in [6.07, 6.45) is 1.35. The number of nitrogens with two attached hydrogens (primary N) is 1. The van der Waals surface area contributed by atoms with Gasteiger partial charge in [-0.25, -0.2) is 4.79 Å². The number of amides is 4. The number of hydrogen-bond acceptors (Lipinski definition) is 7. The van der Waals surface area contributed by atoms with Gasteiger partial charge in [-0.1, -0.05) is 66.2 Å². The van der Waals surface area contributed by atoms with Crippen molar-refractivity contribution in [2.24, 2.45) is 23.5 Å². The summed E-state index contributed by atoms with van der Waals surface area (Å²) in [7, 11) is 0. The first-order valence-corrected chi connectivity index (χ1v) is 15.5. The minimum absolute atomic E-state index is 0.00833. The summed E-state index contributed by atoms with van der Waals surface area (Å²) in [5.41, 5.74) is 7.89. The molecule has 9 N–H and O–H groups in total. The fraction of sp³-hybridized carbons (Fsp3) is 0.594. The molecule has 2 aromatic rings. The molecule has 0 radical (unpaired) electrons. The number of H-pyrrole nitrogens is 1. The molecular formula is C32H50N6O7. The number of aliphatic hydroxyl groups excluding tert-OH is 1. The van der Waals surface area contributed by atoms with Crippen LogP contribution in [0.3, 0.4) is 0 Å². The van der Waals surface area contributed by atoms with Gasteiger partial charge in [0.25, 0.3) is 0 Å². The number of nitrogens with one attached hydrogen (secondary N) is 5. The van der Waals surface area contributed by atoms with E-state index in [1.165, 1.54) is 6.92 Å². The largest absolute Gasteiger partial charge is 0.480 e. The van der Waals surface area contributed by atoms with Gasteiger partial charge in [-0.2, -0.15) is 0 Å². The molecule has 2 rings (SSSR count). The van der Waals surface area contributed by atoms with Gasteiger partial charge < -0.3 is 42.2 Å². The molecule has 13 heteroatoms. The van der Waals surface area contributed by atoms with Crippen LogP contribution in [0.15, 0.2) is 30.5 Å². The molecule has 45 heavy (non-hydrogen) atoms. The van der Waals surface area contributed by atoms with Crippen LogP contribution in [-0.2, 0) is 30.4 Å². The van der Waals surface area contributed by atoms with Crippen LogP contribution in [0.1, 0.15) is 66.9 Å². The topological polar surface area (TPSA) is 216 Å². The number of hydrogen-bond donors (Lipinski definition) is 8. The first-order chi connectivity index (χ1) is 21.1. The van der Waals surface area contributed by atoms with Crippen LogP contribution in [0.25, 0.3) is 10.9 Å². The van der Waals surface area contributed by atoms with E-state index in [1.54, 1.807) is 27.0 Å². The zero-order valence-electron chi connectivity index (χ0n) is 27.2. The normalized spacial score (nSPS) is 16.2. The fourth-order valence-corrected chi connectivity index (χ4v) is 4.97. The minimum atomic E-state index is -1.42. The van der Waals surface area contributed by atoms with Gasteiger partial charge in [0, 0.05) is 17.1 Å². The number of benzene rings is 1. The third kappa shape index (κ3) is 10.6. The van der Waals surface area contributed by atoms with Crippen molar-refractivity contribution < 1.29 is 34.2 Å². The van der Waals surface area contributed by atoms with E-state index in [0.29, 0.717) is 6.42 Å². The molecule has 250 valence electrons. The standard InChI is InChI=1S/C32H50N6O7/c1-8-18(6)26(30(42)35-24(32(44)45)13-16(2)3)37-29(41)25(17(4)5)36-31(43)27(19(7)39)38-28(40)22(33)14-20-15-34-23-12-10-9-11-21(20)23/h9-12,15-19,22,24-27,34,39H,8,13-14,33H2,1-7H3,(H,35,42)(H,36,43)(H,37,41)(H,38,40)(H,44,45)/t18-,19+,22-,24-,25-,26-,27-/m0/s1. The summed E-state index contributed by atoms with van der Waals surface area (Å²) >= 11 is 0. The number of aliphatic hydroxyl groups is 1. The van der Waals surface area contributed by atoms with Crippen molar-refractivity contribution in [3.05, 3.63) is 36.0 Å². The van der Waals surface area contributed by atoms with Crippen molar-refractivity contribution in [1.82, 2.24) is 26.3 Å². The molecular weight excluding hydrogens is 580 g/mol. The van der Waals surface area contributed by atoms with Crippen LogP contribution in [0, 0.1) is 17.8 Å². The Kier molecular flexibility index (Phi) is 14.0. The van der Waals surface area contributed by atoms with Crippen LogP contribution < -0.4 is 27.0 Å². The first kappa shape index (κ1) is 37.2. The van der Waals surface area contributed by atoms with Crippen molar-refractivity contribution in [3.63, 3.8) is 0 Å². The van der Waals surface area contributed by atoms with Gasteiger partial charge in [-0.05, 0) is 49.1 Å². The number of aliphatic carboxylic acids is 1. The third-order valence-electron chi connectivity index (χ3n) is 7.88. The van der Waals surface area contributed by atoms with Gasteiger partial charge in [0.2, 0.25) is 23.6 Å². The molecule has 0 aliphatic carbocycles. The number of rotatable bonds is 17. The lowest BCUT2D eigenvalue weighted by Gasteiger charge is -2.30. The average molecular weight is 631 g/mol. The lowest BCUT2D eigenvalue weighted by Crippen LogP contribution is -2.62. The molecule has 0 bridgehead atoms. The Bertz CT molecular complexity index is 1320. The summed E-state index contributed by atoms with van der Waals surface area (Å²) < 4.78 is 0. The Hall–Kier alpha value is -3.97. The van der Waals surface area contributed by atoms with E-state index in [0.717, 1.165) is 16.5 Å². The van der Waals surface area contributed by atoms with Gasteiger partial charge >= 0.3 is 5.97 Å². The highest BCUT2D eigenvalue weighted by atomic mass is 16.4. The van der Waals surface area contributed by atoms with Crippen LogP contribution >= 0.6 is 0 Å². The van der Waals surface area contributed by atoms with Crippen molar-refractivity contribution in [3.8, 4) is 0 Å². The van der Waals surface area contributed by atoms with Crippen LogP contribution in [-0.4, -0.2) is 81.1 Å². The van der Waals surface area contributed by atoms with Crippen molar-refractivity contribution in [1.29, 1.82) is 0 Å². The Labute approximate surface area is 264 Å². The fourth-order valence-electron chi connectivity index (χ4n) is 4.97. The maximum atomic E-state index is 13.5. The summed E-state index contributed by atoms with van der Waals surface area (Å²) in [6.45, 7) is 12.0. The van der Waals surface area contributed by atoms with Crippen molar-refractivity contribution in [2.75, 3.05) is 0 Å². The SMILES string of the molecule is CC[C@H](C)[C@H](NC(=O)[C@@H](NC(=O)[C@@H](NC(=O)[C@@H](N)Cc1c[nH]c2ccccc12)[C@@H](C)O)C(C)C)C(=O)N[C@@H](CC(C)C)C(=O)O. The first-order valence-electron chi connectivity index (χ1n) is 15.5. The lowest BCUT2D eigenvalue weighted by molar-refractivity contribution is -0.143. The van der Waals surface area contributed by atoms with Gasteiger partial charge in [0.1, 0.15) is 24.2 Å². The molecule has 0 fully saturated rings. The van der Waals surface area contributed by atoms with E-state index in [-0.39, 0.29) is 24.7 Å². The number of aromatic amines is 1. The molecule has 7 atom stereocenters. The number of carbonyl (C=O) groups excluding carboxylic acids is 4. The lowest BCUT2D eigenvalue weighted by atomic mass is 9.95. The van der Waals surface area contributed by atoms with E-state index < -0.39 is 71.8 Å². The summed E-state index contributed by atoms with van der Waals surface area (Å²) in [5.74, 6) is -4.74. The number of carbonyl (C=O) groups is 5. The van der Waals surface area contributed by atoms with E-state index in [1.807, 2.05) is 45.0 Å². The Morgan fingerprint density at radius 3 is 1.93 bits per heavy atom. The van der Waals surface area contributed by atoms with E-state index in [9.17, 15) is 34.2 Å². The summed E-state index contributed by atoms with van der Waals surface area (Å²) in [4.78, 5) is 67.8. The third-order valence-corrected chi connectivity index (χ3v) is 7.88. The molecule has 13 nitrogen and oxygen atoms in total. The van der Waals surface area contributed by atoms with E-state index in [4.69, 9.17) is 5.73 Å². The second kappa shape index (κ2) is 16.9. The smallest absolute Gasteiger partial charge is 0.326 e. The predicted molar refractivity (Wildman–Crippen MR) is 171 cm³/mol. The highest BCUT2D eigenvalue weighted by molar-refractivity contribution is 5.96. The maximum absolute atomic E-state index is 13.5. The zero-order valence-corrected chi connectivity index (χ0v) is 27.2. The molecule has 0 aliphatic rings. The van der Waals surface area contributed by atoms with E-state index >= 15 is 0 Å². The molecule has 4 amide bonds. The van der Waals surface area contributed by atoms with E-state index in [2.05, 4.69) is 26.3 Å². The van der Waals surface area contributed by atoms with Crippen LogP contribution in [0.5, 0.6) is 0 Å². The number of para-hydroxylation sites is 1. The Balaban J connectivity index is 2.15. The molecule has 0 aliphatic heterocycles. The molecule has 1 aromatic heterocycles. The van der Waals surface area contributed by atoms with Crippen molar-refractivity contribution >= 4 is 40.5 Å². The summed E-state index contributed by atoms with van der Waals surface area (Å²) in [5, 5.41) is 31.2. The van der Waals surface area contributed by atoms with Gasteiger partial charge in [0.15, 0.2) is 0 Å². The zero-order chi connectivity index (χ0) is 34.0. The molecule has 0 spiro atoms. The van der Waals surface area contributed by atoms with Crippen molar-refractivity contribution in [2.45, 2.75) is 104 Å². The quantitative estimate of drug-likeness (QED) is 0.127. The number of aromatic nitrogens is 1. The maximum Gasteiger partial charge on any atom is 0.326 e. The van der Waals surface area contributed by atoms with Gasteiger partial charge in [-0.3, -0.25) is 19.2 Å². The van der Waals surface area contributed by atoms with Gasteiger partial charge in [-0.15, -0.1) is 0 Å². The Morgan fingerprint density at radius 2 is 1.38 bits per heavy atom. The highest BCUT2D eigenvalue weighted by Crippen LogP contribution is 2.19.